The molecule has 0 heterocycles. The van der Waals surface area contributed by atoms with Gasteiger partial charge in [-0.05, 0) is 51.7 Å². The number of halogens is 3. The summed E-state index contributed by atoms with van der Waals surface area (Å²) in [7, 11) is 0. The summed E-state index contributed by atoms with van der Waals surface area (Å²) in [5, 5.41) is 6.84. The molecule has 0 aliphatic rings. The van der Waals surface area contributed by atoms with Crippen molar-refractivity contribution in [2.45, 2.75) is 13.0 Å². The SMILES string of the molecule is O=C(Cc1ccc(F)cc1)N/N=C/c1cc(Cl)c(OCc2cccc3ccccc23)c(Cl)c1. The van der Waals surface area contributed by atoms with E-state index in [1.54, 1.807) is 24.3 Å². The molecule has 1 N–H and O–H groups in total. The zero-order chi connectivity index (χ0) is 23.2. The van der Waals surface area contributed by atoms with Crippen molar-refractivity contribution in [3.05, 3.63) is 111 Å². The molecular weight excluding hydrogens is 462 g/mol. The molecule has 4 nitrogen and oxygen atoms in total. The number of hydrogen-bond donors (Lipinski definition) is 1. The highest BCUT2D eigenvalue weighted by atomic mass is 35.5. The molecule has 4 aromatic carbocycles. The van der Waals surface area contributed by atoms with Crippen LogP contribution in [-0.4, -0.2) is 12.1 Å². The molecule has 4 rings (SSSR count). The van der Waals surface area contributed by atoms with Crippen LogP contribution in [-0.2, 0) is 17.8 Å². The van der Waals surface area contributed by atoms with Gasteiger partial charge < -0.3 is 4.74 Å². The van der Waals surface area contributed by atoms with Gasteiger partial charge in [0, 0.05) is 0 Å². The second kappa shape index (κ2) is 10.5. The maximum absolute atomic E-state index is 13.0. The minimum Gasteiger partial charge on any atom is -0.486 e. The van der Waals surface area contributed by atoms with Crippen molar-refractivity contribution < 1.29 is 13.9 Å². The summed E-state index contributed by atoms with van der Waals surface area (Å²) >= 11 is 12.8. The number of carbonyl (C=O) groups excluding carboxylic acids is 1. The molecule has 1 amide bonds. The van der Waals surface area contributed by atoms with Crippen LogP contribution in [0.25, 0.3) is 10.8 Å². The van der Waals surface area contributed by atoms with Crippen LogP contribution in [0.4, 0.5) is 4.39 Å². The van der Waals surface area contributed by atoms with Gasteiger partial charge in [-0.25, -0.2) is 9.82 Å². The van der Waals surface area contributed by atoms with E-state index in [2.05, 4.69) is 10.5 Å². The lowest BCUT2D eigenvalue weighted by molar-refractivity contribution is -0.120. The summed E-state index contributed by atoms with van der Waals surface area (Å²) < 4.78 is 18.9. The number of hydrogen-bond acceptors (Lipinski definition) is 3. The highest BCUT2D eigenvalue weighted by molar-refractivity contribution is 6.37. The number of amides is 1. The van der Waals surface area contributed by atoms with Crippen LogP contribution in [0.2, 0.25) is 10.0 Å². The number of fused-ring (bicyclic) bond motifs is 1. The third-order valence-corrected chi connectivity index (χ3v) is 5.51. The van der Waals surface area contributed by atoms with Crippen LogP contribution in [0.3, 0.4) is 0 Å². The summed E-state index contributed by atoms with van der Waals surface area (Å²) in [4.78, 5) is 12.0. The lowest BCUT2D eigenvalue weighted by Gasteiger charge is -2.12. The molecule has 0 spiro atoms. The van der Waals surface area contributed by atoms with Gasteiger partial charge in [-0.2, -0.15) is 5.10 Å². The van der Waals surface area contributed by atoms with Gasteiger partial charge in [0.2, 0.25) is 5.91 Å². The normalized spacial score (nSPS) is 11.1. The quantitative estimate of drug-likeness (QED) is 0.240. The van der Waals surface area contributed by atoms with E-state index in [0.717, 1.165) is 16.3 Å². The van der Waals surface area contributed by atoms with Crippen molar-refractivity contribution in [3.8, 4) is 5.75 Å². The van der Waals surface area contributed by atoms with E-state index in [-0.39, 0.29) is 18.1 Å². The number of nitrogens with one attached hydrogen (secondary N) is 1. The Balaban J connectivity index is 1.39. The lowest BCUT2D eigenvalue weighted by atomic mass is 10.1. The van der Waals surface area contributed by atoms with Gasteiger partial charge in [-0.1, -0.05) is 77.8 Å². The van der Waals surface area contributed by atoms with Gasteiger partial charge >= 0.3 is 0 Å². The van der Waals surface area contributed by atoms with Crippen LogP contribution >= 0.6 is 23.2 Å². The van der Waals surface area contributed by atoms with Crippen molar-refractivity contribution >= 4 is 46.1 Å². The summed E-state index contributed by atoms with van der Waals surface area (Å²) in [5.41, 5.74) is 4.74. The number of nitrogens with zero attached hydrogens (tertiary/aromatic N) is 1. The topological polar surface area (TPSA) is 50.7 Å². The van der Waals surface area contributed by atoms with Gasteiger partial charge in [-0.15, -0.1) is 0 Å². The molecule has 0 saturated heterocycles. The fourth-order valence-electron chi connectivity index (χ4n) is 3.37. The van der Waals surface area contributed by atoms with Gasteiger partial charge in [0.05, 0.1) is 22.7 Å². The molecule has 7 heteroatoms. The van der Waals surface area contributed by atoms with E-state index in [9.17, 15) is 9.18 Å². The summed E-state index contributed by atoms with van der Waals surface area (Å²) in [6.07, 6.45) is 1.52. The first-order chi connectivity index (χ1) is 16.0. The monoisotopic (exact) mass is 480 g/mol. The molecule has 0 saturated carbocycles. The summed E-state index contributed by atoms with van der Waals surface area (Å²) in [6, 6.07) is 23.1. The minimum atomic E-state index is -0.351. The second-order valence-electron chi connectivity index (χ2n) is 7.34. The van der Waals surface area contributed by atoms with Crippen LogP contribution in [0, 0.1) is 5.82 Å². The van der Waals surface area contributed by atoms with E-state index >= 15 is 0 Å². The van der Waals surface area contributed by atoms with E-state index in [1.807, 2.05) is 42.5 Å². The van der Waals surface area contributed by atoms with E-state index < -0.39 is 0 Å². The fraction of sp³-hybridized carbons (Fsp3) is 0.0769. The second-order valence-corrected chi connectivity index (χ2v) is 8.15. The Morgan fingerprint density at radius 3 is 2.42 bits per heavy atom. The zero-order valence-electron chi connectivity index (χ0n) is 17.4. The number of hydrazone groups is 1. The van der Waals surface area contributed by atoms with E-state index in [0.29, 0.717) is 33.5 Å². The van der Waals surface area contributed by atoms with E-state index in [1.165, 1.54) is 18.3 Å². The van der Waals surface area contributed by atoms with Crippen molar-refractivity contribution in [2.75, 3.05) is 0 Å². The molecule has 33 heavy (non-hydrogen) atoms. The van der Waals surface area contributed by atoms with Crippen molar-refractivity contribution in [3.63, 3.8) is 0 Å². The Bertz CT molecular complexity index is 1300. The molecule has 166 valence electrons. The molecular formula is C26H19Cl2FN2O2. The lowest BCUT2D eigenvalue weighted by Crippen LogP contribution is -2.19. The molecule has 0 aromatic heterocycles. The van der Waals surface area contributed by atoms with Crippen LogP contribution in [0.15, 0.2) is 84.0 Å². The Morgan fingerprint density at radius 1 is 0.970 bits per heavy atom. The highest BCUT2D eigenvalue weighted by Crippen LogP contribution is 2.35. The maximum Gasteiger partial charge on any atom is 0.244 e. The molecule has 0 bridgehead atoms. The average molecular weight is 481 g/mol. The maximum atomic E-state index is 13.0. The highest BCUT2D eigenvalue weighted by Gasteiger charge is 2.11. The minimum absolute atomic E-state index is 0.0834. The van der Waals surface area contributed by atoms with Gasteiger partial charge in [0.15, 0.2) is 5.75 Å². The fourth-order valence-corrected chi connectivity index (χ4v) is 3.98. The smallest absolute Gasteiger partial charge is 0.244 e. The molecule has 0 unspecified atom stereocenters. The third-order valence-electron chi connectivity index (χ3n) is 4.95. The number of benzene rings is 4. The predicted molar refractivity (Wildman–Crippen MR) is 131 cm³/mol. The van der Waals surface area contributed by atoms with Gasteiger partial charge in [-0.3, -0.25) is 4.79 Å². The molecule has 0 atom stereocenters. The first kappa shape index (κ1) is 22.8. The number of ether oxygens (including phenoxy) is 1. The van der Waals surface area contributed by atoms with Crippen LogP contribution in [0.1, 0.15) is 16.7 Å². The Morgan fingerprint density at radius 2 is 1.67 bits per heavy atom. The first-order valence-corrected chi connectivity index (χ1v) is 10.9. The average Bonchev–Trinajstić information content (AvgIpc) is 2.80. The largest absolute Gasteiger partial charge is 0.486 e. The van der Waals surface area contributed by atoms with Crippen molar-refractivity contribution in [1.82, 2.24) is 5.43 Å². The van der Waals surface area contributed by atoms with Crippen LogP contribution < -0.4 is 10.2 Å². The molecule has 0 aliphatic carbocycles. The Kier molecular flexibility index (Phi) is 7.23. The van der Waals surface area contributed by atoms with Crippen molar-refractivity contribution in [1.29, 1.82) is 0 Å². The first-order valence-electron chi connectivity index (χ1n) is 10.1. The molecule has 0 radical (unpaired) electrons. The van der Waals surface area contributed by atoms with E-state index in [4.69, 9.17) is 27.9 Å². The predicted octanol–water partition coefficient (Wildman–Crippen LogP) is 6.56. The molecule has 4 aromatic rings. The summed E-state index contributed by atoms with van der Waals surface area (Å²) in [6.45, 7) is 0.313. The molecule has 0 fully saturated rings. The number of rotatable bonds is 7. The van der Waals surface area contributed by atoms with Gasteiger partial charge in [0.25, 0.3) is 0 Å². The zero-order valence-corrected chi connectivity index (χ0v) is 18.9. The van der Waals surface area contributed by atoms with Crippen molar-refractivity contribution in [2.24, 2.45) is 5.10 Å². The standard InChI is InChI=1S/C26H19Cl2FN2O2/c27-23-12-18(15-30-31-25(32)14-17-8-10-21(29)11-9-17)13-24(28)26(23)33-16-20-6-3-5-19-4-1-2-7-22(19)20/h1-13,15H,14,16H2,(H,31,32)/b30-15+. The van der Waals surface area contributed by atoms with Gasteiger partial charge in [0.1, 0.15) is 12.4 Å². The molecule has 0 aliphatic heterocycles. The Hall–Kier alpha value is -3.41. The Labute approximate surface area is 200 Å². The third kappa shape index (κ3) is 5.89. The summed E-state index contributed by atoms with van der Waals surface area (Å²) in [5.74, 6) is -0.302. The van der Waals surface area contributed by atoms with Crippen LogP contribution in [0.5, 0.6) is 5.75 Å². The number of carbonyl (C=O) groups is 1.